The molecule has 0 heterocycles. The monoisotopic (exact) mass is 354 g/mol. The van der Waals surface area contributed by atoms with Crippen molar-refractivity contribution in [3.63, 3.8) is 0 Å². The van der Waals surface area contributed by atoms with Crippen LogP contribution in [0.25, 0.3) is 0 Å². The second-order valence-corrected chi connectivity index (χ2v) is 7.01. The van der Waals surface area contributed by atoms with Crippen molar-refractivity contribution >= 4 is 34.8 Å². The second kappa shape index (κ2) is 8.94. The van der Waals surface area contributed by atoms with Gasteiger partial charge in [-0.15, -0.1) is 0 Å². The molecule has 120 valence electrons. The van der Waals surface area contributed by atoms with Gasteiger partial charge in [0, 0.05) is 0 Å². The highest BCUT2D eigenvalue weighted by atomic mass is 35.6. The highest BCUT2D eigenvalue weighted by Crippen LogP contribution is 2.41. The second-order valence-electron chi connectivity index (χ2n) is 4.64. The van der Waals surface area contributed by atoms with Crippen molar-refractivity contribution in [2.45, 2.75) is 43.0 Å². The SMILES string of the molecule is CCCCCOc1ccc([C@@H](O)C(Cl)(Cl)Cl)cc1OCC. The number of aliphatic hydroxyl groups excluding tert-OH is 1. The standard InChI is InChI=1S/C15H21Cl3O3/c1-3-5-6-9-21-12-8-7-11(10-13(12)20-4-2)14(19)15(16,17)18/h7-8,10,14,19H,3-6,9H2,1-2H3/t14-/m1/s1. The zero-order valence-corrected chi connectivity index (χ0v) is 14.5. The van der Waals surface area contributed by atoms with Gasteiger partial charge in [-0.2, -0.15) is 0 Å². The summed E-state index contributed by atoms with van der Waals surface area (Å²) < 4.78 is 9.45. The minimum atomic E-state index is -1.78. The van der Waals surface area contributed by atoms with Crippen LogP contribution in [-0.2, 0) is 0 Å². The maximum Gasteiger partial charge on any atom is 0.220 e. The van der Waals surface area contributed by atoms with Gasteiger partial charge in [-0.1, -0.05) is 60.6 Å². The molecule has 0 aliphatic rings. The van der Waals surface area contributed by atoms with Crippen molar-refractivity contribution in [1.29, 1.82) is 0 Å². The van der Waals surface area contributed by atoms with E-state index in [-0.39, 0.29) is 0 Å². The van der Waals surface area contributed by atoms with E-state index < -0.39 is 9.90 Å². The molecule has 0 aliphatic heterocycles. The van der Waals surface area contributed by atoms with Crippen LogP contribution >= 0.6 is 34.8 Å². The fourth-order valence-corrected chi connectivity index (χ4v) is 2.18. The average molecular weight is 356 g/mol. The zero-order valence-electron chi connectivity index (χ0n) is 12.2. The minimum Gasteiger partial charge on any atom is -0.490 e. The Kier molecular flexibility index (Phi) is 7.96. The number of aliphatic hydroxyl groups is 1. The molecule has 0 spiro atoms. The van der Waals surface area contributed by atoms with E-state index in [0.29, 0.717) is 30.3 Å². The molecule has 0 aliphatic carbocycles. The third kappa shape index (κ3) is 6.11. The quantitative estimate of drug-likeness (QED) is 0.523. The van der Waals surface area contributed by atoms with Crippen LogP contribution in [0.2, 0.25) is 0 Å². The summed E-state index contributed by atoms with van der Waals surface area (Å²) in [6.07, 6.45) is 2.01. The van der Waals surface area contributed by atoms with E-state index in [4.69, 9.17) is 44.3 Å². The van der Waals surface area contributed by atoms with E-state index >= 15 is 0 Å². The maximum absolute atomic E-state index is 9.99. The van der Waals surface area contributed by atoms with E-state index in [0.717, 1.165) is 19.3 Å². The predicted octanol–water partition coefficient (Wildman–Crippen LogP) is 5.06. The third-order valence-electron chi connectivity index (χ3n) is 2.90. The van der Waals surface area contributed by atoms with Crippen LogP contribution in [0.15, 0.2) is 18.2 Å². The van der Waals surface area contributed by atoms with Crippen LogP contribution in [0.4, 0.5) is 0 Å². The van der Waals surface area contributed by atoms with Crippen LogP contribution in [0.1, 0.15) is 44.8 Å². The van der Waals surface area contributed by atoms with Crippen molar-refractivity contribution in [2.75, 3.05) is 13.2 Å². The molecule has 1 N–H and O–H groups in total. The predicted molar refractivity (Wildman–Crippen MR) is 87.9 cm³/mol. The fourth-order valence-electron chi connectivity index (χ4n) is 1.81. The number of hydrogen-bond donors (Lipinski definition) is 1. The molecule has 1 atom stereocenters. The molecule has 0 saturated carbocycles. The highest BCUT2D eigenvalue weighted by molar-refractivity contribution is 6.68. The lowest BCUT2D eigenvalue weighted by Crippen LogP contribution is -2.16. The van der Waals surface area contributed by atoms with Crippen LogP contribution < -0.4 is 9.47 Å². The van der Waals surface area contributed by atoms with Gasteiger partial charge in [0.1, 0.15) is 6.10 Å². The molecule has 0 aromatic heterocycles. The first-order chi connectivity index (χ1) is 9.90. The molecule has 0 bridgehead atoms. The molecule has 1 aromatic rings. The number of hydrogen-bond acceptors (Lipinski definition) is 3. The van der Waals surface area contributed by atoms with E-state index in [1.54, 1.807) is 18.2 Å². The van der Waals surface area contributed by atoms with Crippen molar-refractivity contribution in [3.05, 3.63) is 23.8 Å². The Morgan fingerprint density at radius 2 is 1.81 bits per heavy atom. The summed E-state index contributed by atoms with van der Waals surface area (Å²) in [6, 6.07) is 5.04. The van der Waals surface area contributed by atoms with E-state index in [1.165, 1.54) is 0 Å². The van der Waals surface area contributed by atoms with E-state index in [2.05, 4.69) is 6.92 Å². The molecule has 0 fully saturated rings. The molecular weight excluding hydrogens is 335 g/mol. The number of unbranched alkanes of at least 4 members (excludes halogenated alkanes) is 2. The molecule has 21 heavy (non-hydrogen) atoms. The summed E-state index contributed by atoms with van der Waals surface area (Å²) >= 11 is 17.1. The van der Waals surface area contributed by atoms with Gasteiger partial charge in [-0.25, -0.2) is 0 Å². The summed E-state index contributed by atoms with van der Waals surface area (Å²) in [4.78, 5) is 0. The van der Waals surface area contributed by atoms with Gasteiger partial charge in [0.15, 0.2) is 11.5 Å². The Labute approximate surface area is 141 Å². The first-order valence-corrected chi connectivity index (χ1v) is 8.17. The molecule has 0 unspecified atom stereocenters. The van der Waals surface area contributed by atoms with E-state index in [1.807, 2.05) is 6.92 Å². The maximum atomic E-state index is 9.99. The van der Waals surface area contributed by atoms with Gasteiger partial charge in [0.25, 0.3) is 0 Å². The van der Waals surface area contributed by atoms with Gasteiger partial charge < -0.3 is 14.6 Å². The zero-order chi connectivity index (χ0) is 15.9. The van der Waals surface area contributed by atoms with Crippen LogP contribution in [0.5, 0.6) is 11.5 Å². The Balaban J connectivity index is 2.86. The van der Waals surface area contributed by atoms with Crippen molar-refractivity contribution in [3.8, 4) is 11.5 Å². The summed E-state index contributed by atoms with van der Waals surface area (Å²) in [5.41, 5.74) is 0.472. The summed E-state index contributed by atoms with van der Waals surface area (Å²) in [6.45, 7) is 5.12. The molecule has 0 amide bonds. The number of ether oxygens (including phenoxy) is 2. The fraction of sp³-hybridized carbons (Fsp3) is 0.600. The topological polar surface area (TPSA) is 38.7 Å². The smallest absolute Gasteiger partial charge is 0.220 e. The van der Waals surface area contributed by atoms with Gasteiger partial charge in [-0.05, 0) is 31.0 Å². The van der Waals surface area contributed by atoms with Crippen molar-refractivity contribution in [1.82, 2.24) is 0 Å². The summed E-state index contributed by atoms with van der Waals surface area (Å²) in [5, 5.41) is 9.99. The first kappa shape index (κ1) is 18.7. The Morgan fingerprint density at radius 3 is 2.38 bits per heavy atom. The van der Waals surface area contributed by atoms with Crippen molar-refractivity contribution < 1.29 is 14.6 Å². The molecule has 1 rings (SSSR count). The Hall–Kier alpha value is -0.350. The molecular formula is C15H21Cl3O3. The number of benzene rings is 1. The van der Waals surface area contributed by atoms with Gasteiger partial charge in [-0.3, -0.25) is 0 Å². The molecule has 1 aromatic carbocycles. The number of rotatable bonds is 8. The normalized spacial score (nSPS) is 13.0. The summed E-state index contributed by atoms with van der Waals surface area (Å²) in [5.74, 6) is 1.17. The van der Waals surface area contributed by atoms with Crippen molar-refractivity contribution in [2.24, 2.45) is 0 Å². The minimum absolute atomic E-state index is 0.472. The van der Waals surface area contributed by atoms with Crippen LogP contribution in [-0.4, -0.2) is 22.1 Å². The summed E-state index contributed by atoms with van der Waals surface area (Å²) in [7, 11) is 0. The Bertz CT molecular complexity index is 433. The molecule has 0 saturated heterocycles. The Morgan fingerprint density at radius 1 is 1.10 bits per heavy atom. The van der Waals surface area contributed by atoms with Crippen LogP contribution in [0.3, 0.4) is 0 Å². The van der Waals surface area contributed by atoms with E-state index in [9.17, 15) is 5.11 Å². The third-order valence-corrected chi connectivity index (χ3v) is 3.52. The average Bonchev–Trinajstić information content (AvgIpc) is 2.43. The number of halogens is 3. The lowest BCUT2D eigenvalue weighted by atomic mass is 10.1. The lowest BCUT2D eigenvalue weighted by molar-refractivity contribution is 0.181. The molecule has 6 heteroatoms. The number of alkyl halides is 3. The molecule has 3 nitrogen and oxygen atoms in total. The van der Waals surface area contributed by atoms with Crippen LogP contribution in [0, 0.1) is 0 Å². The highest BCUT2D eigenvalue weighted by Gasteiger charge is 2.32. The molecule has 0 radical (unpaired) electrons. The first-order valence-electron chi connectivity index (χ1n) is 7.04. The van der Waals surface area contributed by atoms with Gasteiger partial charge >= 0.3 is 0 Å². The van der Waals surface area contributed by atoms with Gasteiger partial charge in [0.2, 0.25) is 3.79 Å². The largest absolute Gasteiger partial charge is 0.490 e. The van der Waals surface area contributed by atoms with Gasteiger partial charge in [0.05, 0.1) is 13.2 Å². The lowest BCUT2D eigenvalue weighted by Gasteiger charge is -2.21.